The van der Waals surface area contributed by atoms with Crippen molar-refractivity contribution in [2.45, 2.75) is 40.0 Å². The second-order valence-electron chi connectivity index (χ2n) is 4.31. The molecule has 0 aliphatic heterocycles. The van der Waals surface area contributed by atoms with Gasteiger partial charge in [-0.25, -0.2) is 4.98 Å². The molecule has 5 heteroatoms. The van der Waals surface area contributed by atoms with E-state index >= 15 is 0 Å². The molecule has 0 bridgehead atoms. The number of aromatic nitrogens is 2. The van der Waals surface area contributed by atoms with Crippen molar-refractivity contribution in [3.8, 4) is 0 Å². The topological polar surface area (TPSA) is 31.9 Å². The third kappa shape index (κ3) is 4.44. The summed E-state index contributed by atoms with van der Waals surface area (Å²) in [6.45, 7) is 9.72. The zero-order chi connectivity index (χ0) is 13.5. The smallest absolute Gasteiger partial charge is 0.144 e. The van der Waals surface area contributed by atoms with Gasteiger partial charge in [-0.15, -0.1) is 0 Å². The van der Waals surface area contributed by atoms with Gasteiger partial charge in [-0.05, 0) is 35.4 Å². The van der Waals surface area contributed by atoms with Gasteiger partial charge in [0.15, 0.2) is 0 Å². The Balaban J connectivity index is 2.80. The molecule has 18 heavy (non-hydrogen) atoms. The maximum Gasteiger partial charge on any atom is 0.144 e. The molecular formula is C13H22BrN3S. The number of aryl methyl sites for hydroxylation is 1. The van der Waals surface area contributed by atoms with Gasteiger partial charge in [-0.3, -0.25) is 0 Å². The lowest BCUT2D eigenvalue weighted by atomic mass is 10.2. The van der Waals surface area contributed by atoms with Crippen LogP contribution in [0.25, 0.3) is 0 Å². The highest BCUT2D eigenvalue weighted by Crippen LogP contribution is 2.17. The average Bonchev–Trinajstić information content (AvgIpc) is 2.36. The van der Waals surface area contributed by atoms with Gasteiger partial charge < -0.3 is 9.88 Å². The monoisotopic (exact) mass is 331 g/mol. The normalized spacial score (nSPS) is 11.2. The fourth-order valence-corrected chi connectivity index (χ4v) is 2.52. The lowest BCUT2D eigenvalue weighted by molar-refractivity contribution is 0.305. The van der Waals surface area contributed by atoms with E-state index in [1.807, 2.05) is 0 Å². The molecule has 0 fully saturated rings. The summed E-state index contributed by atoms with van der Waals surface area (Å²) in [6.07, 6.45) is 3.03. The van der Waals surface area contributed by atoms with E-state index in [1.165, 1.54) is 5.69 Å². The predicted molar refractivity (Wildman–Crippen MR) is 82.6 cm³/mol. The minimum atomic E-state index is 0.673. The van der Waals surface area contributed by atoms with Gasteiger partial charge in [0.25, 0.3) is 0 Å². The quantitative estimate of drug-likeness (QED) is 0.772. The van der Waals surface area contributed by atoms with Crippen LogP contribution >= 0.6 is 28.1 Å². The predicted octanol–water partition coefficient (Wildman–Crippen LogP) is 3.74. The minimum absolute atomic E-state index is 0.673. The third-order valence-corrected chi connectivity index (χ3v) is 4.46. The van der Waals surface area contributed by atoms with Gasteiger partial charge in [0, 0.05) is 18.7 Å². The zero-order valence-electron chi connectivity index (χ0n) is 11.4. The van der Waals surface area contributed by atoms with Crippen molar-refractivity contribution in [3.63, 3.8) is 0 Å². The van der Waals surface area contributed by atoms with E-state index in [4.69, 9.17) is 12.2 Å². The van der Waals surface area contributed by atoms with Crippen molar-refractivity contribution >= 4 is 28.1 Å². The van der Waals surface area contributed by atoms with Crippen LogP contribution in [-0.2, 0) is 12.8 Å². The Morgan fingerprint density at radius 3 is 2.44 bits per heavy atom. The van der Waals surface area contributed by atoms with Crippen LogP contribution in [0.1, 0.15) is 38.7 Å². The summed E-state index contributed by atoms with van der Waals surface area (Å²) in [5.74, 6) is 0.999. The second-order valence-corrected chi connectivity index (χ2v) is 5.49. The minimum Gasteiger partial charge on any atom is -0.346 e. The van der Waals surface area contributed by atoms with Crippen LogP contribution in [0.5, 0.6) is 0 Å². The first-order valence-corrected chi connectivity index (χ1v) is 7.82. The molecule has 1 aromatic rings. The fraction of sp³-hybridized carbons (Fsp3) is 0.692. The number of rotatable bonds is 7. The van der Waals surface area contributed by atoms with Crippen LogP contribution in [0, 0.1) is 4.64 Å². The highest BCUT2D eigenvalue weighted by Gasteiger charge is 2.07. The van der Waals surface area contributed by atoms with Crippen molar-refractivity contribution in [3.05, 3.63) is 20.6 Å². The lowest BCUT2D eigenvalue weighted by Crippen LogP contribution is -2.26. The van der Waals surface area contributed by atoms with Gasteiger partial charge in [-0.1, -0.05) is 39.4 Å². The van der Waals surface area contributed by atoms with E-state index < -0.39 is 0 Å². The SMILES string of the molecule is CCCc1[nH]c(CCN(CC)CC)nc(=S)c1Br. The fourth-order valence-electron chi connectivity index (χ4n) is 1.90. The van der Waals surface area contributed by atoms with Crippen molar-refractivity contribution in [2.24, 2.45) is 0 Å². The first kappa shape index (κ1) is 15.8. The van der Waals surface area contributed by atoms with Crippen LogP contribution in [0.2, 0.25) is 0 Å². The molecule has 1 heterocycles. The van der Waals surface area contributed by atoms with Crippen LogP contribution < -0.4 is 0 Å². The molecule has 0 unspecified atom stereocenters. The summed E-state index contributed by atoms with van der Waals surface area (Å²) in [4.78, 5) is 10.2. The maximum absolute atomic E-state index is 5.29. The van der Waals surface area contributed by atoms with Crippen molar-refractivity contribution in [1.82, 2.24) is 14.9 Å². The number of nitrogens with one attached hydrogen (secondary N) is 1. The van der Waals surface area contributed by atoms with E-state index in [-0.39, 0.29) is 0 Å². The molecule has 0 saturated carbocycles. The molecule has 3 nitrogen and oxygen atoms in total. The number of aromatic amines is 1. The number of nitrogens with zero attached hydrogens (tertiary/aromatic N) is 2. The van der Waals surface area contributed by atoms with Crippen molar-refractivity contribution in [2.75, 3.05) is 19.6 Å². The highest BCUT2D eigenvalue weighted by molar-refractivity contribution is 9.10. The van der Waals surface area contributed by atoms with Gasteiger partial charge >= 0.3 is 0 Å². The van der Waals surface area contributed by atoms with Crippen molar-refractivity contribution in [1.29, 1.82) is 0 Å². The molecule has 1 rings (SSSR count). The van der Waals surface area contributed by atoms with Gasteiger partial charge in [0.2, 0.25) is 0 Å². The molecule has 0 amide bonds. The zero-order valence-corrected chi connectivity index (χ0v) is 13.8. The molecule has 0 aliphatic carbocycles. The summed E-state index contributed by atoms with van der Waals surface area (Å²) < 4.78 is 1.62. The third-order valence-electron chi connectivity index (χ3n) is 3.04. The molecule has 0 saturated heterocycles. The summed E-state index contributed by atoms with van der Waals surface area (Å²) >= 11 is 8.80. The Morgan fingerprint density at radius 2 is 1.89 bits per heavy atom. The summed E-state index contributed by atoms with van der Waals surface area (Å²) in [7, 11) is 0. The average molecular weight is 332 g/mol. The second kappa shape index (κ2) is 8.02. The molecular weight excluding hydrogens is 310 g/mol. The van der Waals surface area contributed by atoms with E-state index in [0.717, 1.165) is 49.2 Å². The van der Waals surface area contributed by atoms with Crippen LogP contribution in [0.4, 0.5) is 0 Å². The van der Waals surface area contributed by atoms with E-state index in [2.05, 4.69) is 51.6 Å². The maximum atomic E-state index is 5.29. The molecule has 0 radical (unpaired) electrons. The van der Waals surface area contributed by atoms with Crippen molar-refractivity contribution < 1.29 is 0 Å². The standard InChI is InChI=1S/C13H22BrN3S/c1-4-7-10-12(14)13(18)16-11(15-10)8-9-17(5-2)6-3/h4-9H2,1-3H3,(H,15,16,18). The first-order chi connectivity index (χ1) is 8.62. The number of H-pyrrole nitrogens is 1. The van der Waals surface area contributed by atoms with E-state index in [0.29, 0.717) is 4.64 Å². The highest BCUT2D eigenvalue weighted by atomic mass is 79.9. The Labute approximate surface area is 123 Å². The van der Waals surface area contributed by atoms with Crippen LogP contribution in [0.3, 0.4) is 0 Å². The number of hydrogen-bond acceptors (Lipinski definition) is 3. The lowest BCUT2D eigenvalue weighted by Gasteiger charge is -2.17. The Morgan fingerprint density at radius 1 is 1.22 bits per heavy atom. The Bertz CT molecular complexity index is 427. The van der Waals surface area contributed by atoms with Gasteiger partial charge in [-0.2, -0.15) is 0 Å². The Kier molecular flexibility index (Phi) is 7.04. The molecule has 0 spiro atoms. The molecule has 0 atom stereocenters. The summed E-state index contributed by atoms with van der Waals surface area (Å²) in [5, 5.41) is 0. The first-order valence-electron chi connectivity index (χ1n) is 6.62. The summed E-state index contributed by atoms with van der Waals surface area (Å²) in [6, 6.07) is 0. The molecule has 1 N–H and O–H groups in total. The van der Waals surface area contributed by atoms with Crippen LogP contribution in [-0.4, -0.2) is 34.5 Å². The molecule has 102 valence electrons. The van der Waals surface area contributed by atoms with Crippen LogP contribution in [0.15, 0.2) is 4.47 Å². The largest absolute Gasteiger partial charge is 0.346 e. The van der Waals surface area contributed by atoms with E-state index in [1.54, 1.807) is 0 Å². The van der Waals surface area contributed by atoms with E-state index in [9.17, 15) is 0 Å². The number of hydrogen-bond donors (Lipinski definition) is 1. The van der Waals surface area contributed by atoms with Gasteiger partial charge in [0.1, 0.15) is 10.5 Å². The Hall–Kier alpha value is -0.260. The molecule has 0 aliphatic rings. The van der Waals surface area contributed by atoms with Gasteiger partial charge in [0.05, 0.1) is 4.47 Å². The summed E-state index contributed by atoms with van der Waals surface area (Å²) in [5.41, 5.74) is 1.17. The molecule has 1 aromatic heterocycles. The number of likely N-dealkylation sites (N-methyl/N-ethyl adjacent to an activating group) is 1. The number of halogens is 1. The molecule has 0 aromatic carbocycles.